The topological polar surface area (TPSA) is 363 Å². The van der Waals surface area contributed by atoms with E-state index in [1.165, 1.54) is 84.0 Å². The van der Waals surface area contributed by atoms with Crippen LogP contribution in [0.1, 0.15) is 309 Å². The van der Waals surface area contributed by atoms with Gasteiger partial charge in [0.15, 0.2) is 0 Å². The molecule has 0 aliphatic heterocycles. The van der Waals surface area contributed by atoms with Crippen molar-refractivity contribution in [2.75, 3.05) is 39.6 Å². The molecule has 0 aromatic carbocycles. The molecule has 0 N–H and O–H groups in total. The van der Waals surface area contributed by atoms with Crippen LogP contribution in [0.15, 0.2) is 0 Å². The molecule has 0 aromatic heterocycles. The van der Waals surface area contributed by atoms with E-state index in [9.17, 15) is 57.5 Å². The number of ketones is 6. The van der Waals surface area contributed by atoms with Crippen LogP contribution in [-0.4, -0.2) is 151 Å². The van der Waals surface area contributed by atoms with Crippen LogP contribution in [0.3, 0.4) is 0 Å². The first-order valence-electron chi connectivity index (χ1n) is 41.1. The monoisotopic (exact) mass is 1590 g/mol. The highest BCUT2D eigenvalue weighted by Gasteiger charge is 2.38. The Bertz CT molecular complexity index is 2580. The lowest BCUT2D eigenvalue weighted by atomic mass is 9.65. The molecule has 112 heavy (non-hydrogen) atoms. The molecule has 13 atom stereocenters. The molecule has 0 radical (unpaired) electrons. The number of esters is 6. The fourth-order valence-corrected chi connectivity index (χ4v) is 16.8. The van der Waals surface area contributed by atoms with Crippen molar-refractivity contribution in [3.8, 4) is 0 Å². The molecule has 4 aliphatic rings. The Hall–Kier alpha value is -7.14. The lowest BCUT2D eigenvalue weighted by Crippen LogP contribution is -2.31. The van der Waals surface area contributed by atoms with Crippen LogP contribution in [0, 0.1) is 101 Å². The summed E-state index contributed by atoms with van der Waals surface area (Å²) in [5.41, 5.74) is 0. The molecule has 13 unspecified atom stereocenters. The maximum absolute atomic E-state index is 12.5. The summed E-state index contributed by atoms with van der Waals surface area (Å²) in [6.07, 6.45) is 28.7. The minimum absolute atomic E-state index is 0.0557. The standard InChI is InChI=1S/C31H52O6.C29H48O6.C22H38O6.6CH2O/c1-7-36-30(34)19-29(31(35)37-8-2)18-27-12-10-25(14-21(27)4)16-24-9-11-26(20(3)13-24)17-28(23(6)33)15-22(5)32;1-5-34-28(32)19-27(29(33)35-6-2)18-25-13-9-23(10-14-25)16-22-7-11-24(12-8-22)17-26(21(4)31)15-20(3)30;1-6-27-21(25)15-20(22(26)28-7-2)13-12-16(3)10-8-9-11-19(18(5)24)14-17(4)23;6*1-2/h20-21,24-29H,7-19H2,1-6H3;22-27H,5-19H2,1-4H3;16,19-20H,6-15H2,1-5H3;6*1H2. The number of ether oxygens (including phenoxy) is 6. The molecule has 646 valence electrons. The highest BCUT2D eigenvalue weighted by molar-refractivity contribution is 5.87. The quantitative estimate of drug-likeness (QED) is 0.0310. The largest absolute Gasteiger partial charge is 0.466 e. The fraction of sp³-hybridized carbons (Fsp3) is 0.795. The summed E-state index contributed by atoms with van der Waals surface area (Å²) in [5.74, 6) is 3.68. The van der Waals surface area contributed by atoms with Crippen LogP contribution < -0.4 is 0 Å². The Morgan fingerprint density at radius 2 is 0.562 bits per heavy atom. The van der Waals surface area contributed by atoms with Gasteiger partial charge in [-0.05, 0) is 232 Å². The number of carbonyl (C=O) groups excluding carboxylic acids is 18. The molecule has 0 heterocycles. The number of rotatable bonds is 44. The van der Waals surface area contributed by atoms with Gasteiger partial charge in [-0.2, -0.15) is 0 Å². The summed E-state index contributed by atoms with van der Waals surface area (Å²) >= 11 is 0. The Morgan fingerprint density at radius 1 is 0.295 bits per heavy atom. The Morgan fingerprint density at radius 3 is 0.893 bits per heavy atom. The molecule has 4 saturated carbocycles. The summed E-state index contributed by atoms with van der Waals surface area (Å²) in [6.45, 7) is 40.8. The molecule has 0 aromatic rings. The van der Waals surface area contributed by atoms with Crippen molar-refractivity contribution in [1.29, 1.82) is 0 Å². The molecule has 0 spiro atoms. The van der Waals surface area contributed by atoms with Crippen molar-refractivity contribution in [1.82, 2.24) is 0 Å². The highest BCUT2D eigenvalue weighted by Crippen LogP contribution is 2.46. The first kappa shape index (κ1) is 113. The molecular weight excluding hydrogens is 1440 g/mol. The van der Waals surface area contributed by atoms with Crippen molar-refractivity contribution in [3.63, 3.8) is 0 Å². The van der Waals surface area contributed by atoms with E-state index in [1.807, 2.05) is 40.7 Å². The van der Waals surface area contributed by atoms with Gasteiger partial charge in [0.2, 0.25) is 0 Å². The highest BCUT2D eigenvalue weighted by atomic mass is 16.6. The Kier molecular flexibility index (Phi) is 72.5. The van der Waals surface area contributed by atoms with Crippen molar-refractivity contribution in [3.05, 3.63) is 0 Å². The summed E-state index contributed by atoms with van der Waals surface area (Å²) in [4.78, 5) is 191. The van der Waals surface area contributed by atoms with E-state index >= 15 is 0 Å². The lowest BCUT2D eigenvalue weighted by molar-refractivity contribution is -0.155. The van der Waals surface area contributed by atoms with Crippen molar-refractivity contribution in [2.24, 2.45) is 101 Å². The number of carbonyl (C=O) groups is 18. The first-order chi connectivity index (χ1) is 53.4. The predicted molar refractivity (Wildman–Crippen MR) is 431 cm³/mol. The van der Waals surface area contributed by atoms with Gasteiger partial charge in [0, 0.05) is 37.0 Å². The van der Waals surface area contributed by atoms with Gasteiger partial charge >= 0.3 is 35.8 Å². The normalized spacial score (nSPS) is 21.8. The average Bonchev–Trinajstić information content (AvgIpc) is 0.843. The summed E-state index contributed by atoms with van der Waals surface area (Å²) < 4.78 is 30.7. The average molecular weight is 1590 g/mol. The number of hydrogen-bond donors (Lipinski definition) is 0. The minimum Gasteiger partial charge on any atom is -0.466 e. The van der Waals surface area contributed by atoms with Crippen LogP contribution in [-0.2, 0) is 115 Å². The molecule has 24 heteroatoms. The molecule has 24 nitrogen and oxygen atoms in total. The molecule has 4 rings (SSSR count). The third-order valence-electron chi connectivity index (χ3n) is 22.4. The molecular formula is C88H150O24. The zero-order valence-corrected chi connectivity index (χ0v) is 71.7. The van der Waals surface area contributed by atoms with Gasteiger partial charge in [0.05, 0.1) is 76.7 Å². The minimum atomic E-state index is -0.459. The third-order valence-corrected chi connectivity index (χ3v) is 22.4. The second-order valence-electron chi connectivity index (χ2n) is 31.0. The van der Waals surface area contributed by atoms with E-state index in [4.69, 9.17) is 57.2 Å². The van der Waals surface area contributed by atoms with Crippen LogP contribution in [0.2, 0.25) is 0 Å². The van der Waals surface area contributed by atoms with Gasteiger partial charge in [-0.15, -0.1) is 0 Å². The zero-order valence-electron chi connectivity index (χ0n) is 71.7. The van der Waals surface area contributed by atoms with E-state index in [0.717, 1.165) is 88.4 Å². The third kappa shape index (κ3) is 53.8. The van der Waals surface area contributed by atoms with Gasteiger partial charge in [0.25, 0.3) is 0 Å². The van der Waals surface area contributed by atoms with Gasteiger partial charge in [0.1, 0.15) is 75.4 Å². The lowest BCUT2D eigenvalue weighted by Gasteiger charge is -2.40. The molecule has 4 fully saturated rings. The first-order valence-corrected chi connectivity index (χ1v) is 41.1. The zero-order chi connectivity index (χ0) is 86.9. The van der Waals surface area contributed by atoms with E-state index < -0.39 is 17.8 Å². The van der Waals surface area contributed by atoms with Crippen molar-refractivity contribution < 1.29 is 115 Å². The predicted octanol–water partition coefficient (Wildman–Crippen LogP) is 15.8. The molecule has 4 aliphatic carbocycles. The van der Waals surface area contributed by atoms with E-state index in [-0.39, 0.29) is 108 Å². The Labute approximate surface area is 672 Å². The maximum atomic E-state index is 12.5. The van der Waals surface area contributed by atoms with Crippen molar-refractivity contribution >= 4 is 111 Å². The smallest absolute Gasteiger partial charge is 0.309 e. The van der Waals surface area contributed by atoms with Crippen molar-refractivity contribution in [2.45, 2.75) is 309 Å². The van der Waals surface area contributed by atoms with Gasteiger partial charge in [-0.25, -0.2) is 0 Å². The van der Waals surface area contributed by atoms with Gasteiger partial charge in [-0.1, -0.05) is 104 Å². The van der Waals surface area contributed by atoms with Gasteiger partial charge < -0.3 is 71.6 Å². The number of hydrogen-bond acceptors (Lipinski definition) is 24. The van der Waals surface area contributed by atoms with E-state index in [0.29, 0.717) is 126 Å². The second kappa shape index (κ2) is 71.6. The summed E-state index contributed by atoms with van der Waals surface area (Å²) in [5, 5.41) is 0. The Balaban J connectivity index is -0.000000482. The van der Waals surface area contributed by atoms with E-state index in [1.54, 1.807) is 76.2 Å². The second-order valence-corrected chi connectivity index (χ2v) is 31.0. The number of unbranched alkanes of at least 4 members (excludes halogenated alkanes) is 1. The molecule has 0 saturated heterocycles. The molecule has 0 bridgehead atoms. The van der Waals surface area contributed by atoms with Crippen LogP contribution in [0.4, 0.5) is 0 Å². The van der Waals surface area contributed by atoms with Crippen LogP contribution in [0.25, 0.3) is 0 Å². The SMILES string of the molecule is C=O.C=O.C=O.C=O.C=O.C=O.CCOC(=O)CC(CC1CCC(CC2CCC(CC(CC(C)=O)C(C)=O)C(C)C2)CC1C)C(=O)OCC.CCOC(=O)CC(CC1CCC(CC2CCC(CC(CC(C)=O)C(C)=O)CC2)CC1)C(=O)OCC.CCOC(=O)CC(CCC(C)CCCCC(CC(C)=O)C(C)=O)C(=O)OCC. The number of Topliss-reactive ketones (excluding diaryl/α,β-unsaturated/α-hetero) is 6. The van der Waals surface area contributed by atoms with Gasteiger partial charge in [-0.3, -0.25) is 43.2 Å². The van der Waals surface area contributed by atoms with Crippen LogP contribution in [0.5, 0.6) is 0 Å². The summed E-state index contributed by atoms with van der Waals surface area (Å²) in [7, 11) is 0. The fourth-order valence-electron chi connectivity index (χ4n) is 16.8. The summed E-state index contributed by atoms with van der Waals surface area (Å²) in [6, 6.07) is 0. The maximum Gasteiger partial charge on any atom is 0.309 e. The van der Waals surface area contributed by atoms with Crippen LogP contribution >= 0.6 is 0 Å². The molecule has 0 amide bonds. The van der Waals surface area contributed by atoms with E-state index in [2.05, 4.69) is 20.8 Å².